The maximum Gasteiger partial charge on any atom is 0.172 e. The molecule has 0 spiro atoms. The summed E-state index contributed by atoms with van der Waals surface area (Å²) in [6, 6.07) is 11.3. The van der Waals surface area contributed by atoms with Crippen LogP contribution in [0.1, 0.15) is 26.3 Å². The second-order valence-corrected chi connectivity index (χ2v) is 5.27. The van der Waals surface area contributed by atoms with Gasteiger partial charge in [-0.05, 0) is 44.0 Å². The number of nitriles is 2. The Bertz CT molecular complexity index is 695. The highest BCUT2D eigenvalue weighted by Crippen LogP contribution is 2.44. The van der Waals surface area contributed by atoms with Crippen molar-refractivity contribution < 1.29 is 9.47 Å². The van der Waals surface area contributed by atoms with Gasteiger partial charge in [0.25, 0.3) is 0 Å². The lowest BCUT2D eigenvalue weighted by atomic mass is 9.92. The zero-order valence-electron chi connectivity index (χ0n) is 12.5. The molecule has 0 N–H and O–H groups in total. The van der Waals surface area contributed by atoms with E-state index in [-0.39, 0.29) is 5.57 Å². The van der Waals surface area contributed by atoms with Gasteiger partial charge in [-0.1, -0.05) is 12.1 Å². The Morgan fingerprint density at radius 2 is 1.71 bits per heavy atom. The van der Waals surface area contributed by atoms with E-state index >= 15 is 0 Å². The molecular weight excluding hydrogens is 264 g/mol. The predicted molar refractivity (Wildman–Crippen MR) is 79.0 cm³/mol. The molecule has 1 aliphatic rings. The number of methoxy groups -OCH3 is 1. The van der Waals surface area contributed by atoms with Gasteiger partial charge in [-0.2, -0.15) is 10.5 Å². The normalized spacial score (nSPS) is 16.0. The molecule has 0 aliphatic carbocycles. The van der Waals surface area contributed by atoms with Crippen molar-refractivity contribution in [2.45, 2.75) is 26.4 Å². The molecule has 1 heterocycles. The monoisotopic (exact) mass is 280 g/mol. The number of nitrogens with zero attached hydrogens (tertiary/aromatic N) is 2. The van der Waals surface area contributed by atoms with Crippen LogP contribution in [0.4, 0.5) is 0 Å². The zero-order chi connectivity index (χ0) is 15.6. The molecule has 4 heteroatoms. The minimum atomic E-state index is -0.538. The lowest BCUT2D eigenvalue weighted by Crippen LogP contribution is -2.20. The van der Waals surface area contributed by atoms with Crippen LogP contribution in [0.5, 0.6) is 5.75 Å². The Hall–Kier alpha value is -2.72. The van der Waals surface area contributed by atoms with Crippen molar-refractivity contribution in [1.82, 2.24) is 0 Å². The van der Waals surface area contributed by atoms with Gasteiger partial charge in [0.2, 0.25) is 0 Å². The molecule has 0 amide bonds. The van der Waals surface area contributed by atoms with E-state index in [0.717, 1.165) is 22.5 Å². The SMILES string of the molecule is COc1ccc(C2=C(C)C(C)(C)OC2=C(C#N)C#N)cc1. The molecule has 0 fully saturated rings. The van der Waals surface area contributed by atoms with Gasteiger partial charge in [0.05, 0.1) is 7.11 Å². The minimum Gasteiger partial charge on any atom is -0.497 e. The molecule has 1 aromatic rings. The summed E-state index contributed by atoms with van der Waals surface area (Å²) in [6.07, 6.45) is 0. The summed E-state index contributed by atoms with van der Waals surface area (Å²) >= 11 is 0. The number of benzene rings is 1. The highest BCUT2D eigenvalue weighted by atomic mass is 16.5. The highest BCUT2D eigenvalue weighted by Gasteiger charge is 2.37. The van der Waals surface area contributed by atoms with Crippen LogP contribution in [-0.2, 0) is 4.74 Å². The maximum absolute atomic E-state index is 9.14. The Kier molecular flexibility index (Phi) is 3.74. The third-order valence-electron chi connectivity index (χ3n) is 3.69. The van der Waals surface area contributed by atoms with Gasteiger partial charge in [0.1, 0.15) is 23.5 Å². The smallest absolute Gasteiger partial charge is 0.172 e. The summed E-state index contributed by atoms with van der Waals surface area (Å²) in [7, 11) is 1.61. The van der Waals surface area contributed by atoms with E-state index in [1.54, 1.807) is 7.11 Å². The average molecular weight is 280 g/mol. The molecule has 0 atom stereocenters. The summed E-state index contributed by atoms with van der Waals surface area (Å²) in [5.74, 6) is 1.11. The van der Waals surface area contributed by atoms with Gasteiger partial charge in [-0.25, -0.2) is 0 Å². The number of ether oxygens (including phenoxy) is 2. The maximum atomic E-state index is 9.14. The second kappa shape index (κ2) is 5.34. The third kappa shape index (κ3) is 2.49. The molecule has 0 unspecified atom stereocenters. The summed E-state index contributed by atoms with van der Waals surface area (Å²) in [5, 5.41) is 18.3. The molecule has 106 valence electrons. The zero-order valence-corrected chi connectivity index (χ0v) is 12.5. The standard InChI is InChI=1S/C17H16N2O2/c1-11-15(12-5-7-14(20-4)8-6-12)16(13(9-18)10-19)21-17(11,2)3/h5-8H,1-4H3. The second-order valence-electron chi connectivity index (χ2n) is 5.27. The Labute approximate surface area is 124 Å². The lowest BCUT2D eigenvalue weighted by molar-refractivity contribution is 0.0938. The molecular formula is C17H16N2O2. The van der Waals surface area contributed by atoms with E-state index in [0.29, 0.717) is 5.76 Å². The van der Waals surface area contributed by atoms with Crippen LogP contribution in [-0.4, -0.2) is 12.7 Å². The average Bonchev–Trinajstić information content (AvgIpc) is 2.71. The van der Waals surface area contributed by atoms with E-state index in [1.165, 1.54) is 0 Å². The lowest BCUT2D eigenvalue weighted by Gasteiger charge is -2.20. The van der Waals surface area contributed by atoms with Gasteiger partial charge in [0.15, 0.2) is 11.3 Å². The van der Waals surface area contributed by atoms with E-state index in [9.17, 15) is 0 Å². The van der Waals surface area contributed by atoms with Gasteiger partial charge in [-0.3, -0.25) is 0 Å². The molecule has 0 bridgehead atoms. The molecule has 21 heavy (non-hydrogen) atoms. The molecule has 2 rings (SSSR count). The molecule has 4 nitrogen and oxygen atoms in total. The summed E-state index contributed by atoms with van der Waals surface area (Å²) in [6.45, 7) is 5.80. The Morgan fingerprint density at radius 1 is 1.14 bits per heavy atom. The van der Waals surface area contributed by atoms with Gasteiger partial charge in [0, 0.05) is 5.57 Å². The Balaban J connectivity index is 2.66. The van der Waals surface area contributed by atoms with Crippen molar-refractivity contribution in [2.75, 3.05) is 7.11 Å². The van der Waals surface area contributed by atoms with Crippen LogP contribution in [0.25, 0.3) is 5.57 Å². The number of hydrogen-bond donors (Lipinski definition) is 0. The van der Waals surface area contributed by atoms with Gasteiger partial charge >= 0.3 is 0 Å². The summed E-state index contributed by atoms with van der Waals surface area (Å²) in [5.41, 5.74) is 2.15. The first-order chi connectivity index (χ1) is 9.94. The predicted octanol–water partition coefficient (Wildman–Crippen LogP) is 3.58. The van der Waals surface area contributed by atoms with Crippen molar-refractivity contribution in [2.24, 2.45) is 0 Å². The van der Waals surface area contributed by atoms with Crippen LogP contribution >= 0.6 is 0 Å². The van der Waals surface area contributed by atoms with Gasteiger partial charge < -0.3 is 9.47 Å². The first kappa shape index (κ1) is 14.7. The van der Waals surface area contributed by atoms with E-state index < -0.39 is 5.60 Å². The number of rotatable bonds is 2. The first-order valence-electron chi connectivity index (χ1n) is 6.54. The van der Waals surface area contributed by atoms with Crippen molar-refractivity contribution in [1.29, 1.82) is 10.5 Å². The van der Waals surface area contributed by atoms with Crippen molar-refractivity contribution in [3.63, 3.8) is 0 Å². The van der Waals surface area contributed by atoms with Crippen LogP contribution in [0.15, 0.2) is 41.2 Å². The fraction of sp³-hybridized carbons (Fsp3) is 0.294. The van der Waals surface area contributed by atoms with E-state index in [2.05, 4.69) is 0 Å². The number of allylic oxidation sites excluding steroid dienone is 2. The van der Waals surface area contributed by atoms with Crippen molar-refractivity contribution >= 4 is 5.57 Å². The van der Waals surface area contributed by atoms with Crippen molar-refractivity contribution in [3.8, 4) is 17.9 Å². The molecule has 1 aromatic carbocycles. The molecule has 0 radical (unpaired) electrons. The van der Waals surface area contributed by atoms with Crippen LogP contribution in [0.2, 0.25) is 0 Å². The minimum absolute atomic E-state index is 0.00857. The number of hydrogen-bond acceptors (Lipinski definition) is 4. The molecule has 0 saturated carbocycles. The van der Waals surface area contributed by atoms with E-state index in [4.69, 9.17) is 20.0 Å². The van der Waals surface area contributed by atoms with Crippen LogP contribution in [0.3, 0.4) is 0 Å². The summed E-state index contributed by atoms with van der Waals surface area (Å²) < 4.78 is 11.0. The van der Waals surface area contributed by atoms with Gasteiger partial charge in [-0.15, -0.1) is 0 Å². The quantitative estimate of drug-likeness (QED) is 0.777. The first-order valence-corrected chi connectivity index (χ1v) is 6.54. The van der Waals surface area contributed by atoms with Crippen LogP contribution < -0.4 is 4.74 Å². The third-order valence-corrected chi connectivity index (χ3v) is 3.69. The molecule has 0 aromatic heterocycles. The topological polar surface area (TPSA) is 66.0 Å². The van der Waals surface area contributed by atoms with Crippen molar-refractivity contribution in [3.05, 3.63) is 46.7 Å². The largest absolute Gasteiger partial charge is 0.497 e. The summed E-state index contributed by atoms with van der Waals surface area (Å²) in [4.78, 5) is 0. The molecule has 0 saturated heterocycles. The molecule has 1 aliphatic heterocycles. The fourth-order valence-corrected chi connectivity index (χ4v) is 2.26. The highest BCUT2D eigenvalue weighted by molar-refractivity contribution is 5.85. The Morgan fingerprint density at radius 3 is 2.19 bits per heavy atom. The van der Waals surface area contributed by atoms with E-state index in [1.807, 2.05) is 57.2 Å². The fourth-order valence-electron chi connectivity index (χ4n) is 2.26. The van der Waals surface area contributed by atoms with Crippen LogP contribution in [0, 0.1) is 22.7 Å².